The fraction of sp³-hybridized carbons (Fsp3) is 0.818. The average Bonchev–Trinajstić information content (AvgIpc) is 2.57. The lowest BCUT2D eigenvalue weighted by Gasteiger charge is -2.08. The molecule has 4 nitrogen and oxygen atoms in total. The Balaban J connectivity index is 2.80. The maximum Gasteiger partial charge on any atom is 0.111 e. The molecular weight excluding hydrogens is 190 g/mol. The lowest BCUT2D eigenvalue weighted by molar-refractivity contribution is 0.275. The molecule has 0 aromatic carbocycles. The van der Waals surface area contributed by atoms with Gasteiger partial charge in [0, 0.05) is 6.54 Å². The molecule has 0 bridgehead atoms. The normalized spacial score (nSPS) is 11.3. The van der Waals surface area contributed by atoms with Crippen molar-refractivity contribution in [3.05, 3.63) is 11.4 Å². The largest absolute Gasteiger partial charge is 0.390 e. The van der Waals surface area contributed by atoms with Crippen LogP contribution in [0.25, 0.3) is 0 Å². The van der Waals surface area contributed by atoms with Crippen LogP contribution in [-0.2, 0) is 19.6 Å². The molecule has 1 N–H and O–H groups in total. The Morgan fingerprint density at radius 1 is 1.40 bits per heavy atom. The highest BCUT2D eigenvalue weighted by Crippen LogP contribution is 2.12. The summed E-state index contributed by atoms with van der Waals surface area (Å²) in [6.45, 7) is 7.39. The van der Waals surface area contributed by atoms with E-state index in [1.165, 1.54) is 0 Å². The Kier molecular flexibility index (Phi) is 4.75. The smallest absolute Gasteiger partial charge is 0.111 e. The zero-order chi connectivity index (χ0) is 11.3. The molecule has 86 valence electrons. The molecule has 0 aliphatic rings. The number of rotatable bonds is 6. The van der Waals surface area contributed by atoms with E-state index in [-0.39, 0.29) is 6.61 Å². The van der Waals surface area contributed by atoms with Crippen LogP contribution >= 0.6 is 0 Å². The molecule has 0 radical (unpaired) electrons. The van der Waals surface area contributed by atoms with Crippen molar-refractivity contribution in [2.45, 2.75) is 53.2 Å². The molecule has 0 fully saturated rings. The van der Waals surface area contributed by atoms with Crippen LogP contribution < -0.4 is 0 Å². The number of nitrogens with zero attached hydrogens (tertiary/aromatic N) is 3. The van der Waals surface area contributed by atoms with Gasteiger partial charge in [-0.25, -0.2) is 4.68 Å². The van der Waals surface area contributed by atoms with Gasteiger partial charge in [0.1, 0.15) is 5.69 Å². The first-order valence-electron chi connectivity index (χ1n) is 5.71. The van der Waals surface area contributed by atoms with Gasteiger partial charge in [0.15, 0.2) is 0 Å². The Morgan fingerprint density at radius 3 is 2.67 bits per heavy atom. The molecule has 1 rings (SSSR count). The third-order valence-corrected chi connectivity index (χ3v) is 2.39. The minimum Gasteiger partial charge on any atom is -0.390 e. The van der Waals surface area contributed by atoms with Gasteiger partial charge >= 0.3 is 0 Å². The number of unbranched alkanes of at least 4 members (excludes halogenated alkanes) is 1. The highest BCUT2D eigenvalue weighted by molar-refractivity contribution is 5.09. The van der Waals surface area contributed by atoms with Crippen molar-refractivity contribution >= 4 is 0 Å². The van der Waals surface area contributed by atoms with Gasteiger partial charge in [-0.2, -0.15) is 0 Å². The average molecular weight is 211 g/mol. The summed E-state index contributed by atoms with van der Waals surface area (Å²) in [5.41, 5.74) is 1.83. The highest BCUT2D eigenvalue weighted by Gasteiger charge is 2.12. The first kappa shape index (κ1) is 12.2. The van der Waals surface area contributed by atoms with E-state index in [0.29, 0.717) is 5.92 Å². The van der Waals surface area contributed by atoms with Crippen molar-refractivity contribution < 1.29 is 5.11 Å². The van der Waals surface area contributed by atoms with Gasteiger partial charge in [0.2, 0.25) is 0 Å². The summed E-state index contributed by atoms with van der Waals surface area (Å²) in [5, 5.41) is 17.2. The summed E-state index contributed by atoms with van der Waals surface area (Å²) in [4.78, 5) is 0. The number of hydrogen-bond donors (Lipinski definition) is 1. The van der Waals surface area contributed by atoms with Crippen molar-refractivity contribution in [1.82, 2.24) is 15.0 Å². The van der Waals surface area contributed by atoms with E-state index in [4.69, 9.17) is 5.11 Å². The Morgan fingerprint density at radius 2 is 2.13 bits per heavy atom. The molecule has 0 spiro atoms. The molecule has 1 aromatic rings. The van der Waals surface area contributed by atoms with Gasteiger partial charge in [0.25, 0.3) is 0 Å². The molecule has 0 amide bonds. The minimum absolute atomic E-state index is 0.00578. The van der Waals surface area contributed by atoms with Crippen LogP contribution in [0.5, 0.6) is 0 Å². The van der Waals surface area contributed by atoms with Crippen LogP contribution in [0.15, 0.2) is 0 Å². The first-order chi connectivity index (χ1) is 7.19. The fourth-order valence-electron chi connectivity index (χ4n) is 1.59. The van der Waals surface area contributed by atoms with E-state index < -0.39 is 0 Å². The van der Waals surface area contributed by atoms with Gasteiger partial charge in [-0.15, -0.1) is 5.10 Å². The molecule has 0 unspecified atom stereocenters. The van der Waals surface area contributed by atoms with Gasteiger partial charge in [-0.3, -0.25) is 0 Å². The Hall–Kier alpha value is -0.900. The molecule has 15 heavy (non-hydrogen) atoms. The van der Waals surface area contributed by atoms with Crippen LogP contribution in [0.2, 0.25) is 0 Å². The van der Waals surface area contributed by atoms with E-state index in [9.17, 15) is 0 Å². The van der Waals surface area contributed by atoms with Crippen molar-refractivity contribution in [2.75, 3.05) is 0 Å². The molecule has 1 heterocycles. The quantitative estimate of drug-likeness (QED) is 0.780. The second kappa shape index (κ2) is 5.85. The summed E-state index contributed by atoms with van der Waals surface area (Å²) in [6, 6.07) is 0. The van der Waals surface area contributed by atoms with E-state index in [0.717, 1.165) is 37.2 Å². The van der Waals surface area contributed by atoms with Crippen molar-refractivity contribution in [3.8, 4) is 0 Å². The predicted octanol–water partition coefficient (Wildman–Crippen LogP) is 1.77. The number of aliphatic hydroxyl groups excluding tert-OH is 1. The molecule has 0 saturated carbocycles. The molecule has 4 heteroatoms. The van der Waals surface area contributed by atoms with Gasteiger partial charge < -0.3 is 5.11 Å². The third-order valence-electron chi connectivity index (χ3n) is 2.39. The number of aromatic nitrogens is 3. The zero-order valence-corrected chi connectivity index (χ0v) is 9.90. The number of aliphatic hydroxyl groups is 1. The van der Waals surface area contributed by atoms with Crippen molar-refractivity contribution in [2.24, 2.45) is 5.92 Å². The van der Waals surface area contributed by atoms with Crippen LogP contribution in [-0.4, -0.2) is 20.1 Å². The van der Waals surface area contributed by atoms with Gasteiger partial charge in [0.05, 0.1) is 12.3 Å². The van der Waals surface area contributed by atoms with E-state index in [1.807, 2.05) is 4.68 Å². The SMILES string of the molecule is CCCCn1nnc(CO)c1CC(C)C. The first-order valence-corrected chi connectivity index (χ1v) is 5.71. The lowest BCUT2D eigenvalue weighted by atomic mass is 10.1. The van der Waals surface area contributed by atoms with Crippen LogP contribution in [0.4, 0.5) is 0 Å². The molecular formula is C11H21N3O. The molecule has 0 aliphatic heterocycles. The van der Waals surface area contributed by atoms with Crippen LogP contribution in [0, 0.1) is 5.92 Å². The van der Waals surface area contributed by atoms with Crippen LogP contribution in [0.3, 0.4) is 0 Å². The van der Waals surface area contributed by atoms with Crippen molar-refractivity contribution in [3.63, 3.8) is 0 Å². The van der Waals surface area contributed by atoms with E-state index >= 15 is 0 Å². The monoisotopic (exact) mass is 211 g/mol. The zero-order valence-electron chi connectivity index (χ0n) is 9.90. The molecule has 0 saturated heterocycles. The second-order valence-electron chi connectivity index (χ2n) is 4.32. The molecule has 0 atom stereocenters. The Labute approximate surface area is 91.3 Å². The highest BCUT2D eigenvalue weighted by atomic mass is 16.3. The predicted molar refractivity (Wildman–Crippen MR) is 59.4 cm³/mol. The van der Waals surface area contributed by atoms with Crippen LogP contribution in [0.1, 0.15) is 45.0 Å². The van der Waals surface area contributed by atoms with Gasteiger partial charge in [-0.1, -0.05) is 32.4 Å². The second-order valence-corrected chi connectivity index (χ2v) is 4.32. The number of hydrogen-bond acceptors (Lipinski definition) is 3. The third kappa shape index (κ3) is 3.30. The summed E-state index contributed by atoms with van der Waals surface area (Å²) >= 11 is 0. The standard InChI is InChI=1S/C11H21N3O/c1-4-5-6-14-11(7-9(2)3)10(8-15)12-13-14/h9,15H,4-8H2,1-3H3. The summed E-state index contributed by atoms with van der Waals surface area (Å²) in [6.07, 6.45) is 3.20. The molecule has 0 aliphatic carbocycles. The van der Waals surface area contributed by atoms with E-state index in [1.54, 1.807) is 0 Å². The topological polar surface area (TPSA) is 50.9 Å². The minimum atomic E-state index is -0.00578. The maximum atomic E-state index is 9.15. The number of aryl methyl sites for hydroxylation is 1. The van der Waals surface area contributed by atoms with Crippen molar-refractivity contribution in [1.29, 1.82) is 0 Å². The Bertz CT molecular complexity index is 294. The lowest BCUT2D eigenvalue weighted by Crippen LogP contribution is -2.09. The summed E-state index contributed by atoms with van der Waals surface area (Å²) < 4.78 is 1.94. The van der Waals surface area contributed by atoms with E-state index in [2.05, 4.69) is 31.1 Å². The molecule has 1 aromatic heterocycles. The maximum absolute atomic E-state index is 9.15. The summed E-state index contributed by atoms with van der Waals surface area (Å²) in [5.74, 6) is 0.564. The van der Waals surface area contributed by atoms with Gasteiger partial charge in [-0.05, 0) is 18.8 Å². The summed E-state index contributed by atoms with van der Waals surface area (Å²) in [7, 11) is 0. The fourth-order valence-corrected chi connectivity index (χ4v) is 1.59.